The lowest BCUT2D eigenvalue weighted by Crippen LogP contribution is -2.40. The molecule has 9 N–H and O–H groups in total. The minimum Gasteiger partial charge on any atom is -0.481 e. The number of anilines is 6. The number of aliphatic carboxylic acids is 1. The molecule has 6 aliphatic rings. The van der Waals surface area contributed by atoms with Crippen molar-refractivity contribution in [3.8, 4) is 0 Å². The van der Waals surface area contributed by atoms with Gasteiger partial charge < -0.3 is 47.6 Å². The number of para-hydroxylation sites is 6. The van der Waals surface area contributed by atoms with E-state index in [0.717, 1.165) is 67.5 Å². The van der Waals surface area contributed by atoms with Gasteiger partial charge in [-0.25, -0.2) is 0 Å². The fourth-order valence-electron chi connectivity index (χ4n) is 11.9. The lowest BCUT2D eigenvalue weighted by molar-refractivity contribution is -0.140. The van der Waals surface area contributed by atoms with Gasteiger partial charge in [0.15, 0.2) is 0 Å². The maximum atomic E-state index is 12.0. The van der Waals surface area contributed by atoms with Crippen molar-refractivity contribution in [1.29, 1.82) is 0 Å². The molecule has 0 radical (unpaired) electrons. The van der Waals surface area contributed by atoms with Crippen molar-refractivity contribution in [3.63, 3.8) is 0 Å². The minimum atomic E-state index is -0.969. The molecular weight excluding hydrogens is 1420 g/mol. The number of carboxylic acid groups (broad SMARTS) is 1. The van der Waals surface area contributed by atoms with Crippen LogP contribution in [0.5, 0.6) is 0 Å². The number of rotatable bonds is 12. The molecule has 0 aliphatic carbocycles. The second-order valence-corrected chi connectivity index (χ2v) is 25.6. The second-order valence-electron chi connectivity index (χ2n) is 25.6. The first-order valence-corrected chi connectivity index (χ1v) is 38.9. The predicted octanol–water partition coefficient (Wildman–Crippen LogP) is 13.5. The number of hydrogen-bond donors (Lipinski definition) is 9. The lowest BCUT2D eigenvalue weighted by atomic mass is 10.1. The van der Waals surface area contributed by atoms with Crippen LogP contribution in [0.1, 0.15) is 190 Å². The largest absolute Gasteiger partial charge is 0.481 e. The SMILES string of the molecule is CC.CC.CC.CC.CC.CC.CC(=O)CC1C(=O)Nc2ccccc2CN1C.CC(=O)CC1C(=O)Nc2ccccc2CN1C.CC(=O)CC1C(=O)Nc2ccccc2CN1C.CC(=O)CC1NCc2ccccc2NC1=O.CC(=O)CC1NCc2ccccc2NC1=O.CN1Cc2ccccc2NC(=O)C1CC(=O)O. The van der Waals surface area contributed by atoms with Crippen LogP contribution >= 0.6 is 0 Å². The van der Waals surface area contributed by atoms with E-state index in [1.54, 1.807) is 11.9 Å². The van der Waals surface area contributed by atoms with Crippen molar-refractivity contribution in [2.24, 2.45) is 0 Å². The van der Waals surface area contributed by atoms with Crippen LogP contribution in [0.3, 0.4) is 0 Å². The van der Waals surface area contributed by atoms with Gasteiger partial charge in [0.25, 0.3) is 0 Å². The Morgan fingerprint density at radius 2 is 0.464 bits per heavy atom. The van der Waals surface area contributed by atoms with Gasteiger partial charge in [0.2, 0.25) is 35.4 Å². The van der Waals surface area contributed by atoms with Gasteiger partial charge in [-0.15, -0.1) is 0 Å². The normalized spacial score (nSPS) is 18.3. The predicted molar refractivity (Wildman–Crippen MR) is 450 cm³/mol. The molecule has 0 saturated carbocycles. The van der Waals surface area contributed by atoms with E-state index in [4.69, 9.17) is 5.11 Å². The number of nitrogens with zero attached hydrogens (tertiary/aromatic N) is 4. The third kappa shape index (κ3) is 33.7. The van der Waals surface area contributed by atoms with Crippen molar-refractivity contribution in [3.05, 3.63) is 179 Å². The highest BCUT2D eigenvalue weighted by Crippen LogP contribution is 2.28. The maximum Gasteiger partial charge on any atom is 0.305 e. The van der Waals surface area contributed by atoms with Gasteiger partial charge in [0.05, 0.1) is 36.6 Å². The summed E-state index contributed by atoms with van der Waals surface area (Å²) >= 11 is 0. The Kier molecular flexibility index (Phi) is 48.4. The number of carboxylic acids is 1. The van der Waals surface area contributed by atoms with Crippen molar-refractivity contribution in [1.82, 2.24) is 30.2 Å². The van der Waals surface area contributed by atoms with Crippen molar-refractivity contribution in [2.45, 2.75) is 232 Å². The second kappa shape index (κ2) is 54.4. The fourth-order valence-corrected chi connectivity index (χ4v) is 11.9. The number of nitrogens with one attached hydrogen (secondary N) is 8. The Hall–Kier alpha value is -10.3. The Morgan fingerprint density at radius 1 is 0.286 bits per heavy atom. The molecule has 0 spiro atoms. The van der Waals surface area contributed by atoms with Gasteiger partial charge in [0.1, 0.15) is 35.0 Å². The highest BCUT2D eigenvalue weighted by Gasteiger charge is 2.33. The maximum absolute atomic E-state index is 12.0. The van der Waals surface area contributed by atoms with Crippen molar-refractivity contribution >= 4 is 104 Å². The number of likely N-dealkylation sites (N-methyl/N-ethyl adjacent to an activating group) is 4. The first-order chi connectivity index (χ1) is 53.6. The molecule has 12 rings (SSSR count). The molecular formula is C87H126N12O13. The van der Waals surface area contributed by atoms with Crippen LogP contribution < -0.4 is 42.5 Å². The Morgan fingerprint density at radius 3 is 0.670 bits per heavy atom. The van der Waals surface area contributed by atoms with Gasteiger partial charge in [0, 0.05) is 105 Å². The molecule has 6 aliphatic heterocycles. The molecule has 6 heterocycles. The summed E-state index contributed by atoms with van der Waals surface area (Å²) in [5.41, 5.74) is 11.3. The van der Waals surface area contributed by atoms with Crippen LogP contribution in [0.4, 0.5) is 34.1 Å². The van der Waals surface area contributed by atoms with Crippen LogP contribution in [0.15, 0.2) is 146 Å². The number of Topliss-reactive ketones (excluding diaryl/α,β-unsaturated/α-hetero) is 5. The number of hydrogen-bond acceptors (Lipinski definition) is 18. The molecule has 6 atom stereocenters. The smallest absolute Gasteiger partial charge is 0.305 e. The highest BCUT2D eigenvalue weighted by atomic mass is 16.4. The van der Waals surface area contributed by atoms with E-state index >= 15 is 0 Å². The van der Waals surface area contributed by atoms with Crippen molar-refractivity contribution in [2.75, 3.05) is 60.1 Å². The monoisotopic (exact) mass is 1550 g/mol. The van der Waals surface area contributed by atoms with E-state index in [9.17, 15) is 57.5 Å². The van der Waals surface area contributed by atoms with E-state index in [1.165, 1.54) is 34.6 Å². The summed E-state index contributed by atoms with van der Waals surface area (Å²) in [5.74, 6) is -1.71. The Balaban J connectivity index is 0.000000653. The van der Waals surface area contributed by atoms with E-state index in [2.05, 4.69) is 42.5 Å². The van der Waals surface area contributed by atoms with E-state index in [0.29, 0.717) is 39.3 Å². The van der Waals surface area contributed by atoms with Crippen LogP contribution in [-0.2, 0) is 96.8 Å². The Labute approximate surface area is 665 Å². The lowest BCUT2D eigenvalue weighted by Gasteiger charge is -2.22. The summed E-state index contributed by atoms with van der Waals surface area (Å²) in [7, 11) is 7.37. The first-order valence-electron chi connectivity index (χ1n) is 38.9. The summed E-state index contributed by atoms with van der Waals surface area (Å²) in [5, 5.41) is 32.0. The number of fused-ring (bicyclic) bond motifs is 6. The van der Waals surface area contributed by atoms with Crippen LogP contribution in [0.2, 0.25) is 0 Å². The van der Waals surface area contributed by atoms with E-state index < -0.39 is 24.1 Å². The van der Waals surface area contributed by atoms with Crippen LogP contribution in [0, 0.1) is 0 Å². The zero-order valence-corrected chi connectivity index (χ0v) is 69.9. The molecule has 25 heteroatoms. The average molecular weight is 1550 g/mol. The molecule has 6 aromatic rings. The summed E-state index contributed by atoms with van der Waals surface area (Å²) < 4.78 is 0. The zero-order valence-electron chi connectivity index (χ0n) is 69.9. The van der Waals surface area contributed by atoms with E-state index in [-0.39, 0.29) is 121 Å². The minimum absolute atomic E-state index is 0.0126. The van der Waals surface area contributed by atoms with Gasteiger partial charge >= 0.3 is 5.97 Å². The third-order valence-electron chi connectivity index (χ3n) is 17.2. The fraction of sp³-hybridized carbons (Fsp3) is 0.448. The van der Waals surface area contributed by atoms with Gasteiger partial charge in [-0.3, -0.25) is 77.1 Å². The molecule has 25 nitrogen and oxygen atoms in total. The zero-order chi connectivity index (χ0) is 84.7. The molecule has 6 unspecified atom stereocenters. The molecule has 0 saturated heterocycles. The molecule has 0 fully saturated rings. The first kappa shape index (κ1) is 99.7. The molecule has 0 aromatic heterocycles. The average Bonchev–Trinajstić information content (AvgIpc) is 1.72. The summed E-state index contributed by atoms with van der Waals surface area (Å²) in [6.45, 7) is 35.3. The van der Waals surface area contributed by atoms with E-state index in [1.807, 2.05) is 265 Å². The van der Waals surface area contributed by atoms with Crippen LogP contribution in [0.25, 0.3) is 0 Å². The molecule has 6 aromatic carbocycles. The van der Waals surface area contributed by atoms with Gasteiger partial charge in [-0.2, -0.15) is 0 Å². The topological polar surface area (TPSA) is 334 Å². The molecule has 6 amide bonds. The number of ketones is 5. The van der Waals surface area contributed by atoms with Crippen LogP contribution in [-0.4, -0.2) is 159 Å². The molecule has 612 valence electrons. The Bertz CT molecular complexity index is 3570. The summed E-state index contributed by atoms with van der Waals surface area (Å²) in [6.07, 6.45) is 1.07. The number of amides is 6. The number of benzene rings is 6. The molecule has 112 heavy (non-hydrogen) atoms. The van der Waals surface area contributed by atoms with Gasteiger partial charge in [-0.1, -0.05) is 192 Å². The standard InChI is InChI=1S/3C13H16N2O2.C12H14N2O3.2C12H14N2O2.6C2H6/c3*1-9(16)7-12-13(17)14-11-6-4-3-5-10(11)8-15(12)2;1-14-7-8-4-2-3-5-9(8)13-12(17)10(14)6-11(15)16;2*1-8(15)6-11-12(16)14-10-5-3-2-4-9(10)7-13-11;6*1-2/h3*3-6,12H,7-8H2,1-2H3,(H,14,17);2-5,10H,6-7H2,1H3,(H,13,17)(H,15,16);2*2-5,11,13H,6-7H2,1H3,(H,14,16);6*1-2H3. The molecule has 0 bridgehead atoms. The number of carbonyl (C=O) groups is 12. The number of carbonyl (C=O) groups excluding carboxylic acids is 11. The third-order valence-corrected chi connectivity index (χ3v) is 17.2. The summed E-state index contributed by atoms with van der Waals surface area (Å²) in [4.78, 5) is 145. The van der Waals surface area contributed by atoms with Crippen molar-refractivity contribution < 1.29 is 62.6 Å². The summed E-state index contributed by atoms with van der Waals surface area (Å²) in [6, 6.07) is 43.3. The van der Waals surface area contributed by atoms with Gasteiger partial charge in [-0.05, 0) is 133 Å². The highest BCUT2D eigenvalue weighted by molar-refractivity contribution is 6.02. The quantitative estimate of drug-likeness (QED) is 0.0549.